The lowest BCUT2D eigenvalue weighted by Crippen LogP contribution is -2.50. The van der Waals surface area contributed by atoms with E-state index in [1.54, 1.807) is 11.2 Å². The Morgan fingerprint density at radius 1 is 1.11 bits per heavy atom. The average molecular weight is 493 g/mol. The number of carbonyl (C=O) groups excluding carboxylic acids is 1. The number of nitrogens with one attached hydrogen (secondary N) is 1. The van der Waals surface area contributed by atoms with Crippen LogP contribution in [0.2, 0.25) is 0 Å². The summed E-state index contributed by atoms with van der Waals surface area (Å²) in [5, 5.41) is 3.58. The van der Waals surface area contributed by atoms with Crippen LogP contribution in [0.3, 0.4) is 0 Å². The first-order valence-corrected chi connectivity index (χ1v) is 12.8. The van der Waals surface area contributed by atoms with E-state index in [-0.39, 0.29) is 17.0 Å². The maximum absolute atomic E-state index is 12.4. The molecule has 1 unspecified atom stereocenters. The summed E-state index contributed by atoms with van der Waals surface area (Å²) >= 11 is 0. The molecule has 1 amide bonds. The van der Waals surface area contributed by atoms with Gasteiger partial charge in [0.25, 0.3) is 0 Å². The largest absolute Gasteiger partial charge is 0.444 e. The molecule has 200 valence electrons. The maximum Gasteiger partial charge on any atom is 0.410 e. The lowest BCUT2D eigenvalue weighted by atomic mass is 9.74. The van der Waals surface area contributed by atoms with Gasteiger partial charge in [-0.2, -0.15) is 0 Å². The van der Waals surface area contributed by atoms with Crippen LogP contribution in [0.1, 0.15) is 75.2 Å². The van der Waals surface area contributed by atoms with Crippen LogP contribution < -0.4 is 16.0 Å². The fourth-order valence-corrected chi connectivity index (χ4v) is 5.11. The zero-order valence-corrected chi connectivity index (χ0v) is 23.4. The van der Waals surface area contributed by atoms with Gasteiger partial charge in [-0.15, -0.1) is 0 Å². The topological polar surface area (TPSA) is 106 Å². The number of nitrogen functional groups attached to an aromatic ring is 1. The van der Waals surface area contributed by atoms with Crippen molar-refractivity contribution in [2.75, 3.05) is 55.3 Å². The molecule has 1 aliphatic rings. The van der Waals surface area contributed by atoms with E-state index in [0.717, 1.165) is 19.4 Å². The van der Waals surface area contributed by atoms with Crippen molar-refractivity contribution in [2.24, 2.45) is 11.3 Å². The second-order valence-electron chi connectivity index (χ2n) is 12.1. The minimum absolute atomic E-state index is 0.0310. The Kier molecular flexibility index (Phi) is 9.62. The molecule has 0 aliphatic carbocycles. The van der Waals surface area contributed by atoms with Crippen LogP contribution in [0, 0.1) is 11.3 Å². The van der Waals surface area contributed by atoms with Crippen LogP contribution in [0.5, 0.6) is 0 Å². The highest BCUT2D eigenvalue weighted by atomic mass is 16.6. The van der Waals surface area contributed by atoms with Crippen molar-refractivity contribution in [1.82, 2.24) is 14.9 Å². The average Bonchev–Trinajstić information content (AvgIpc) is 2.71. The van der Waals surface area contributed by atoms with Gasteiger partial charge in [0, 0.05) is 38.3 Å². The lowest BCUT2D eigenvalue weighted by molar-refractivity contribution is 0.0240. The van der Waals surface area contributed by atoms with Crippen LogP contribution in [-0.2, 0) is 9.47 Å². The molecule has 9 nitrogen and oxygen atoms in total. The van der Waals surface area contributed by atoms with Gasteiger partial charge in [0.05, 0.1) is 6.61 Å². The molecular formula is C26H48N6O3. The van der Waals surface area contributed by atoms with Crippen LogP contribution in [0.25, 0.3) is 0 Å². The minimum atomic E-state index is -0.507. The van der Waals surface area contributed by atoms with Gasteiger partial charge in [-0.05, 0) is 65.7 Å². The number of piperazine rings is 1. The minimum Gasteiger partial charge on any atom is -0.444 e. The molecule has 1 aliphatic heterocycles. The van der Waals surface area contributed by atoms with Crippen LogP contribution in [-0.4, -0.2) is 71.5 Å². The Morgan fingerprint density at radius 3 is 2.29 bits per heavy atom. The van der Waals surface area contributed by atoms with Gasteiger partial charge in [0.15, 0.2) is 11.6 Å². The number of rotatable bonds is 10. The number of nitrogens with zero attached hydrogens (tertiary/aromatic N) is 4. The standard InChI is InChI=1S/C26H48N6O3/c1-10-34-17-26(9,15-19(2)3)16-25(7,8)30-21-20(27)22(29-18-28-21)31-11-13-32(14-12-31)23(33)35-24(4,5)6/h18-19H,10-17,27H2,1-9H3,(H,28,29,30). The summed E-state index contributed by atoms with van der Waals surface area (Å²) in [6, 6.07) is 0. The number of nitrogens with two attached hydrogens (primary N) is 1. The summed E-state index contributed by atoms with van der Waals surface area (Å²) in [6.07, 6.45) is 3.25. The van der Waals surface area contributed by atoms with E-state index in [1.165, 1.54) is 0 Å². The molecule has 1 atom stereocenters. The first kappa shape index (κ1) is 28.9. The lowest BCUT2D eigenvalue weighted by Gasteiger charge is -2.40. The molecule has 0 radical (unpaired) electrons. The van der Waals surface area contributed by atoms with Crippen molar-refractivity contribution in [3.05, 3.63) is 6.33 Å². The summed E-state index contributed by atoms with van der Waals surface area (Å²) in [6.45, 7) is 22.6. The third-order valence-corrected chi connectivity index (χ3v) is 5.97. The Labute approximate surface area is 212 Å². The molecule has 0 bridgehead atoms. The SMILES string of the molecule is CCOCC(C)(CC(C)C)CC(C)(C)Nc1ncnc(N2CCN(C(=O)OC(C)(C)C)CC2)c1N. The van der Waals surface area contributed by atoms with Gasteiger partial charge in [-0.3, -0.25) is 0 Å². The molecule has 1 fully saturated rings. The Hall–Kier alpha value is -2.29. The number of hydrogen-bond acceptors (Lipinski definition) is 8. The molecule has 0 spiro atoms. The highest BCUT2D eigenvalue weighted by molar-refractivity contribution is 5.76. The van der Waals surface area contributed by atoms with Gasteiger partial charge in [0.1, 0.15) is 17.6 Å². The molecular weight excluding hydrogens is 444 g/mol. The maximum atomic E-state index is 12.4. The third-order valence-electron chi connectivity index (χ3n) is 5.97. The first-order chi connectivity index (χ1) is 16.1. The second-order valence-corrected chi connectivity index (χ2v) is 12.1. The molecule has 2 rings (SSSR count). The molecule has 35 heavy (non-hydrogen) atoms. The molecule has 0 saturated carbocycles. The summed E-state index contributed by atoms with van der Waals surface area (Å²) in [4.78, 5) is 25.2. The predicted octanol–water partition coefficient (Wildman–Crippen LogP) is 4.79. The number of carbonyl (C=O) groups is 1. The van der Waals surface area contributed by atoms with Gasteiger partial charge in [-0.1, -0.05) is 20.8 Å². The summed E-state index contributed by atoms with van der Waals surface area (Å²) in [5.74, 6) is 1.91. The summed E-state index contributed by atoms with van der Waals surface area (Å²) in [7, 11) is 0. The van der Waals surface area contributed by atoms with E-state index in [4.69, 9.17) is 15.2 Å². The number of aromatic nitrogens is 2. The molecule has 9 heteroatoms. The van der Waals surface area contributed by atoms with Crippen LogP contribution in [0.4, 0.5) is 22.1 Å². The van der Waals surface area contributed by atoms with Crippen molar-refractivity contribution in [2.45, 2.75) is 86.3 Å². The number of ether oxygens (including phenoxy) is 2. The number of anilines is 3. The Balaban J connectivity index is 2.09. The highest BCUT2D eigenvalue weighted by Gasteiger charge is 2.34. The van der Waals surface area contributed by atoms with Crippen molar-refractivity contribution >= 4 is 23.4 Å². The van der Waals surface area contributed by atoms with E-state index in [2.05, 4.69) is 54.8 Å². The molecule has 1 aromatic rings. The smallest absolute Gasteiger partial charge is 0.410 e. The molecule has 3 N–H and O–H groups in total. The predicted molar refractivity (Wildman–Crippen MR) is 143 cm³/mol. The van der Waals surface area contributed by atoms with Gasteiger partial charge >= 0.3 is 6.09 Å². The van der Waals surface area contributed by atoms with Crippen LogP contribution in [0.15, 0.2) is 6.33 Å². The zero-order chi connectivity index (χ0) is 26.4. The summed E-state index contributed by atoms with van der Waals surface area (Å²) in [5.41, 5.74) is 6.36. The fourth-order valence-electron chi connectivity index (χ4n) is 5.11. The van der Waals surface area contributed by atoms with Gasteiger partial charge in [-0.25, -0.2) is 14.8 Å². The van der Waals surface area contributed by atoms with Gasteiger partial charge < -0.3 is 30.3 Å². The molecule has 0 aromatic carbocycles. The number of amides is 1. The molecule has 2 heterocycles. The third kappa shape index (κ3) is 9.02. The highest BCUT2D eigenvalue weighted by Crippen LogP contribution is 2.38. The van der Waals surface area contributed by atoms with Crippen molar-refractivity contribution < 1.29 is 14.3 Å². The molecule has 1 saturated heterocycles. The molecule has 1 aromatic heterocycles. The quantitative estimate of drug-likeness (QED) is 0.480. The fraction of sp³-hybridized carbons (Fsp3) is 0.808. The van der Waals surface area contributed by atoms with Crippen molar-refractivity contribution in [3.63, 3.8) is 0 Å². The normalized spacial score (nSPS) is 16.9. The monoisotopic (exact) mass is 492 g/mol. The van der Waals surface area contributed by atoms with Crippen LogP contribution >= 0.6 is 0 Å². The van der Waals surface area contributed by atoms with E-state index in [1.807, 2.05) is 27.7 Å². The van der Waals surface area contributed by atoms with Gasteiger partial charge in [0.2, 0.25) is 0 Å². The second kappa shape index (κ2) is 11.6. The first-order valence-electron chi connectivity index (χ1n) is 12.8. The van der Waals surface area contributed by atoms with E-state index in [0.29, 0.717) is 56.0 Å². The van der Waals surface area contributed by atoms with Crippen molar-refractivity contribution in [1.29, 1.82) is 0 Å². The van der Waals surface area contributed by atoms with E-state index in [9.17, 15) is 4.79 Å². The Bertz CT molecular complexity index is 831. The summed E-state index contributed by atoms with van der Waals surface area (Å²) < 4.78 is 11.4. The number of hydrogen-bond donors (Lipinski definition) is 2. The van der Waals surface area contributed by atoms with E-state index >= 15 is 0 Å². The zero-order valence-electron chi connectivity index (χ0n) is 23.4. The van der Waals surface area contributed by atoms with E-state index < -0.39 is 5.60 Å². The Morgan fingerprint density at radius 2 is 1.74 bits per heavy atom. The van der Waals surface area contributed by atoms with Crippen molar-refractivity contribution in [3.8, 4) is 0 Å².